The highest BCUT2D eigenvalue weighted by molar-refractivity contribution is 5.93. The lowest BCUT2D eigenvalue weighted by Crippen LogP contribution is -2.51. The first kappa shape index (κ1) is 17.3. The topological polar surface area (TPSA) is 87.6 Å². The Labute approximate surface area is 142 Å². The van der Waals surface area contributed by atoms with Gasteiger partial charge in [0.1, 0.15) is 5.82 Å². The van der Waals surface area contributed by atoms with Crippen molar-refractivity contribution in [2.75, 3.05) is 26.7 Å². The number of fused-ring (bicyclic) bond motifs is 1. The van der Waals surface area contributed by atoms with Gasteiger partial charge in [-0.15, -0.1) is 0 Å². The number of likely N-dealkylation sites (N-methyl/N-ethyl adjacent to an activating group) is 1. The average Bonchev–Trinajstić information content (AvgIpc) is 2.68. The molecule has 7 nitrogen and oxygen atoms in total. The molecule has 1 amide bonds. The maximum absolute atomic E-state index is 12.7. The summed E-state index contributed by atoms with van der Waals surface area (Å²) in [5.74, 6) is 0.724. The highest BCUT2D eigenvalue weighted by atomic mass is 16.5. The van der Waals surface area contributed by atoms with Crippen molar-refractivity contribution in [2.45, 2.75) is 44.4 Å². The second kappa shape index (κ2) is 6.74. The first-order valence-corrected chi connectivity index (χ1v) is 8.50. The van der Waals surface area contributed by atoms with Crippen molar-refractivity contribution >= 4 is 5.91 Å². The second-order valence-electron chi connectivity index (χ2n) is 7.09. The Balaban J connectivity index is 1.72. The van der Waals surface area contributed by atoms with Gasteiger partial charge in [-0.3, -0.25) is 4.79 Å². The Kier molecular flexibility index (Phi) is 4.85. The lowest BCUT2D eigenvalue weighted by molar-refractivity contribution is -0.0217. The first-order valence-electron chi connectivity index (χ1n) is 8.50. The number of hydrogen-bond acceptors (Lipinski definition) is 6. The van der Waals surface area contributed by atoms with Crippen LogP contribution in [0.2, 0.25) is 0 Å². The minimum absolute atomic E-state index is 0.0532. The van der Waals surface area contributed by atoms with E-state index < -0.39 is 5.60 Å². The van der Waals surface area contributed by atoms with Crippen LogP contribution in [-0.4, -0.2) is 70.4 Å². The van der Waals surface area contributed by atoms with Crippen LogP contribution < -0.4 is 5.32 Å². The third-order valence-corrected chi connectivity index (χ3v) is 5.23. The van der Waals surface area contributed by atoms with Crippen molar-refractivity contribution in [3.8, 4) is 0 Å². The third kappa shape index (κ3) is 3.43. The number of piperidine rings is 1. The Morgan fingerprint density at radius 1 is 1.46 bits per heavy atom. The van der Waals surface area contributed by atoms with Crippen molar-refractivity contribution in [2.24, 2.45) is 5.92 Å². The van der Waals surface area contributed by atoms with Crippen LogP contribution in [0.5, 0.6) is 0 Å². The number of rotatable bonds is 2. The van der Waals surface area contributed by atoms with Crippen LogP contribution >= 0.6 is 0 Å². The number of nitrogens with zero attached hydrogens (tertiary/aromatic N) is 3. The van der Waals surface area contributed by atoms with Crippen molar-refractivity contribution in [3.63, 3.8) is 0 Å². The van der Waals surface area contributed by atoms with Gasteiger partial charge in [0, 0.05) is 31.4 Å². The molecule has 2 aliphatic heterocycles. The lowest BCUT2D eigenvalue weighted by Gasteiger charge is -2.39. The zero-order chi connectivity index (χ0) is 17.3. The summed E-state index contributed by atoms with van der Waals surface area (Å²) in [6.45, 7) is 5.37. The Bertz CT molecular complexity index is 590. The Morgan fingerprint density at radius 3 is 2.83 bits per heavy atom. The monoisotopic (exact) mass is 334 g/mol. The molecular formula is C17H26N4O3. The van der Waals surface area contributed by atoms with E-state index in [1.165, 1.54) is 0 Å². The van der Waals surface area contributed by atoms with E-state index in [4.69, 9.17) is 4.74 Å². The SMILES string of the molecule is CN[C@@H]1CO[C@@H]2CCN(C(=O)c3cnc(C)nc3)C[C@@H]2C[C@@]1(C)O. The fraction of sp³-hybridized carbons (Fsp3) is 0.706. The number of amides is 1. The lowest BCUT2D eigenvalue weighted by atomic mass is 9.82. The number of ether oxygens (including phenoxy) is 1. The fourth-order valence-electron chi connectivity index (χ4n) is 3.76. The van der Waals surface area contributed by atoms with E-state index >= 15 is 0 Å². The molecule has 7 heteroatoms. The van der Waals surface area contributed by atoms with Gasteiger partial charge in [0.05, 0.1) is 29.9 Å². The number of aliphatic hydroxyl groups is 1. The standard InChI is InChI=1S/C17H26N4O3/c1-11-19-7-13(8-20-11)16(22)21-5-4-14-12(9-21)6-17(2,23)15(18-3)10-24-14/h7-8,12,14-15,18,23H,4-6,9-10H2,1-3H3/t12-,14+,15+,17+/m0/s1. The molecule has 0 aliphatic carbocycles. The van der Waals surface area contributed by atoms with Crippen molar-refractivity contribution < 1.29 is 14.6 Å². The Morgan fingerprint density at radius 2 is 2.17 bits per heavy atom. The van der Waals surface area contributed by atoms with Crippen molar-refractivity contribution in [1.82, 2.24) is 20.2 Å². The summed E-state index contributed by atoms with van der Waals surface area (Å²) >= 11 is 0. The van der Waals surface area contributed by atoms with E-state index in [0.29, 0.717) is 37.5 Å². The molecule has 4 atom stereocenters. The summed E-state index contributed by atoms with van der Waals surface area (Å²) in [5, 5.41) is 13.9. The largest absolute Gasteiger partial charge is 0.388 e. The number of carbonyl (C=O) groups excluding carboxylic acids is 1. The van der Waals surface area contributed by atoms with Gasteiger partial charge in [0.2, 0.25) is 0 Å². The molecule has 3 heterocycles. The van der Waals surface area contributed by atoms with E-state index in [2.05, 4.69) is 15.3 Å². The number of aromatic nitrogens is 2. The maximum atomic E-state index is 12.7. The van der Waals surface area contributed by atoms with Gasteiger partial charge in [-0.1, -0.05) is 0 Å². The molecule has 0 unspecified atom stereocenters. The summed E-state index contributed by atoms with van der Waals surface area (Å²) in [5.41, 5.74) is -0.346. The summed E-state index contributed by atoms with van der Waals surface area (Å²) in [6, 6.07) is -0.0993. The van der Waals surface area contributed by atoms with Crippen LogP contribution in [0.1, 0.15) is 35.9 Å². The highest BCUT2D eigenvalue weighted by Crippen LogP contribution is 2.33. The molecular weight excluding hydrogens is 308 g/mol. The van der Waals surface area contributed by atoms with Crippen LogP contribution in [0.3, 0.4) is 0 Å². The number of likely N-dealkylation sites (tertiary alicyclic amines) is 1. The number of carbonyl (C=O) groups is 1. The molecule has 2 fully saturated rings. The predicted molar refractivity (Wildman–Crippen MR) is 88.6 cm³/mol. The van der Waals surface area contributed by atoms with E-state index in [0.717, 1.165) is 6.42 Å². The molecule has 0 spiro atoms. The number of hydrogen-bond donors (Lipinski definition) is 2. The minimum Gasteiger partial charge on any atom is -0.388 e. The molecule has 1 aromatic rings. The van der Waals surface area contributed by atoms with Gasteiger partial charge in [-0.05, 0) is 33.7 Å². The predicted octanol–water partition coefficient (Wildman–Crippen LogP) is 0.375. The highest BCUT2D eigenvalue weighted by Gasteiger charge is 2.43. The molecule has 2 saturated heterocycles. The molecule has 3 rings (SSSR count). The third-order valence-electron chi connectivity index (χ3n) is 5.23. The number of aryl methyl sites for hydroxylation is 1. The Hall–Kier alpha value is -1.57. The minimum atomic E-state index is -0.854. The molecule has 2 aliphatic rings. The molecule has 0 bridgehead atoms. The van der Waals surface area contributed by atoms with Crippen molar-refractivity contribution in [3.05, 3.63) is 23.8 Å². The van der Waals surface area contributed by atoms with Gasteiger partial charge in [0.25, 0.3) is 5.91 Å². The normalized spacial score (nSPS) is 33.7. The van der Waals surface area contributed by atoms with E-state index in [1.807, 2.05) is 18.9 Å². The summed E-state index contributed by atoms with van der Waals surface area (Å²) in [4.78, 5) is 22.7. The summed E-state index contributed by atoms with van der Waals surface area (Å²) in [6.07, 6.45) is 4.64. The van der Waals surface area contributed by atoms with E-state index in [9.17, 15) is 9.90 Å². The smallest absolute Gasteiger partial charge is 0.257 e. The van der Waals surface area contributed by atoms with Gasteiger partial charge < -0.3 is 20.1 Å². The van der Waals surface area contributed by atoms with E-state index in [1.54, 1.807) is 19.3 Å². The van der Waals surface area contributed by atoms with Gasteiger partial charge in [-0.2, -0.15) is 0 Å². The van der Waals surface area contributed by atoms with Gasteiger partial charge in [-0.25, -0.2) is 9.97 Å². The zero-order valence-electron chi connectivity index (χ0n) is 14.5. The average molecular weight is 334 g/mol. The molecule has 132 valence electrons. The quantitative estimate of drug-likeness (QED) is 0.813. The zero-order valence-corrected chi connectivity index (χ0v) is 14.5. The first-order chi connectivity index (χ1) is 11.4. The summed E-state index contributed by atoms with van der Waals surface area (Å²) < 4.78 is 6.01. The molecule has 2 N–H and O–H groups in total. The molecule has 0 radical (unpaired) electrons. The van der Waals surface area contributed by atoms with Crippen LogP contribution in [0.15, 0.2) is 12.4 Å². The van der Waals surface area contributed by atoms with Crippen LogP contribution in [0.25, 0.3) is 0 Å². The fourth-order valence-corrected chi connectivity index (χ4v) is 3.76. The van der Waals surface area contributed by atoms with Crippen LogP contribution in [-0.2, 0) is 4.74 Å². The van der Waals surface area contributed by atoms with Crippen LogP contribution in [0.4, 0.5) is 0 Å². The molecule has 0 aromatic carbocycles. The maximum Gasteiger partial charge on any atom is 0.257 e. The van der Waals surface area contributed by atoms with Gasteiger partial charge in [0.15, 0.2) is 0 Å². The second-order valence-corrected chi connectivity index (χ2v) is 7.09. The van der Waals surface area contributed by atoms with Crippen LogP contribution in [0, 0.1) is 12.8 Å². The molecule has 24 heavy (non-hydrogen) atoms. The number of nitrogens with one attached hydrogen (secondary N) is 1. The van der Waals surface area contributed by atoms with Crippen molar-refractivity contribution in [1.29, 1.82) is 0 Å². The summed E-state index contributed by atoms with van der Waals surface area (Å²) in [7, 11) is 1.84. The molecule has 0 saturated carbocycles. The molecule has 1 aromatic heterocycles. The van der Waals surface area contributed by atoms with Gasteiger partial charge >= 0.3 is 0 Å². The van der Waals surface area contributed by atoms with E-state index in [-0.39, 0.29) is 24.0 Å².